The Hall–Kier alpha value is -1.56. The van der Waals surface area contributed by atoms with Gasteiger partial charge in [-0.15, -0.1) is 0 Å². The number of methoxy groups -OCH3 is 1. The predicted octanol–water partition coefficient (Wildman–Crippen LogP) is 2.09. The summed E-state index contributed by atoms with van der Waals surface area (Å²) < 4.78 is 5.91. The van der Waals surface area contributed by atoms with Gasteiger partial charge in [-0.1, -0.05) is 6.92 Å². The van der Waals surface area contributed by atoms with Crippen molar-refractivity contribution >= 4 is 33.4 Å². The van der Waals surface area contributed by atoms with Crippen molar-refractivity contribution in [2.45, 2.75) is 25.8 Å². The quantitative estimate of drug-likeness (QED) is 0.916. The number of ether oxygens (including phenoxy) is 1. The number of piperazine rings is 1. The molecular formula is C14H17BrN2O3. The van der Waals surface area contributed by atoms with Crippen LogP contribution in [0.4, 0.5) is 5.69 Å². The van der Waals surface area contributed by atoms with Gasteiger partial charge in [0.15, 0.2) is 0 Å². The summed E-state index contributed by atoms with van der Waals surface area (Å²) >= 11 is 3.39. The van der Waals surface area contributed by atoms with Gasteiger partial charge in [0.25, 0.3) is 5.91 Å². The van der Waals surface area contributed by atoms with Crippen molar-refractivity contribution < 1.29 is 14.3 Å². The molecule has 5 nitrogen and oxygen atoms in total. The highest BCUT2D eigenvalue weighted by Gasteiger charge is 2.42. The molecular weight excluding hydrogens is 324 g/mol. The van der Waals surface area contributed by atoms with E-state index in [1.807, 2.05) is 6.92 Å². The zero-order valence-corrected chi connectivity index (χ0v) is 13.3. The molecule has 2 amide bonds. The number of carbonyl (C=O) groups is 2. The molecule has 1 aliphatic rings. The van der Waals surface area contributed by atoms with Gasteiger partial charge in [0.2, 0.25) is 5.91 Å². The Balaban J connectivity index is 2.38. The highest BCUT2D eigenvalue weighted by molar-refractivity contribution is 9.10. The Labute approximate surface area is 126 Å². The van der Waals surface area contributed by atoms with E-state index in [2.05, 4.69) is 21.2 Å². The number of hydrogen-bond acceptors (Lipinski definition) is 3. The third-order valence-corrected chi connectivity index (χ3v) is 4.21. The lowest BCUT2D eigenvalue weighted by atomic mass is 9.94. The lowest BCUT2D eigenvalue weighted by molar-refractivity contribution is -0.135. The molecule has 0 bridgehead atoms. The van der Waals surface area contributed by atoms with Gasteiger partial charge in [-0.05, 0) is 47.5 Å². The summed E-state index contributed by atoms with van der Waals surface area (Å²) in [7, 11) is 1.58. The molecule has 0 aromatic heterocycles. The SMILES string of the molecule is CCC1(C)NC(=O)CN(c2ccc(OC)c(Br)c2)C1=O. The maximum atomic E-state index is 12.6. The van der Waals surface area contributed by atoms with E-state index in [1.165, 1.54) is 4.90 Å². The van der Waals surface area contributed by atoms with Crippen molar-refractivity contribution in [2.75, 3.05) is 18.6 Å². The number of amides is 2. The molecule has 1 heterocycles. The first-order valence-electron chi connectivity index (χ1n) is 6.38. The van der Waals surface area contributed by atoms with E-state index < -0.39 is 5.54 Å². The fourth-order valence-electron chi connectivity index (χ4n) is 2.19. The summed E-state index contributed by atoms with van der Waals surface area (Å²) in [4.78, 5) is 25.9. The van der Waals surface area contributed by atoms with E-state index in [9.17, 15) is 9.59 Å². The summed E-state index contributed by atoms with van der Waals surface area (Å²) in [5.41, 5.74) is -0.168. The van der Waals surface area contributed by atoms with Crippen molar-refractivity contribution in [3.05, 3.63) is 22.7 Å². The highest BCUT2D eigenvalue weighted by Crippen LogP contribution is 2.31. The van der Waals surface area contributed by atoms with Gasteiger partial charge in [0.1, 0.15) is 17.8 Å². The van der Waals surface area contributed by atoms with Gasteiger partial charge in [-0.3, -0.25) is 9.59 Å². The molecule has 6 heteroatoms. The van der Waals surface area contributed by atoms with Gasteiger partial charge in [-0.25, -0.2) is 0 Å². The minimum absolute atomic E-state index is 0.0349. The Kier molecular flexibility index (Phi) is 4.04. The monoisotopic (exact) mass is 340 g/mol. The van der Waals surface area contributed by atoms with Gasteiger partial charge in [-0.2, -0.15) is 0 Å². The van der Waals surface area contributed by atoms with Crippen molar-refractivity contribution in [3.63, 3.8) is 0 Å². The number of rotatable bonds is 3. The molecule has 0 aliphatic carbocycles. The minimum Gasteiger partial charge on any atom is -0.496 e. The summed E-state index contributed by atoms with van der Waals surface area (Å²) in [5.74, 6) is 0.429. The van der Waals surface area contributed by atoms with E-state index in [0.29, 0.717) is 17.9 Å². The molecule has 1 unspecified atom stereocenters. The van der Waals surface area contributed by atoms with Crippen LogP contribution in [0.1, 0.15) is 20.3 Å². The van der Waals surface area contributed by atoms with Gasteiger partial charge in [0, 0.05) is 5.69 Å². The standard InChI is InChI=1S/C14H17BrN2O3/c1-4-14(2)13(19)17(8-12(18)16-14)9-5-6-11(20-3)10(15)7-9/h5-7H,4,8H2,1-3H3,(H,16,18). The third kappa shape index (κ3) is 2.52. The number of carbonyl (C=O) groups excluding carboxylic acids is 2. The number of halogens is 1. The lowest BCUT2D eigenvalue weighted by Gasteiger charge is -2.39. The van der Waals surface area contributed by atoms with Crippen LogP contribution in [0.5, 0.6) is 5.75 Å². The van der Waals surface area contributed by atoms with Crippen LogP contribution in [0, 0.1) is 0 Å². The number of hydrogen-bond donors (Lipinski definition) is 1. The van der Waals surface area contributed by atoms with Crippen LogP contribution >= 0.6 is 15.9 Å². The third-order valence-electron chi connectivity index (χ3n) is 3.59. The summed E-state index contributed by atoms with van der Waals surface area (Å²) in [6, 6.07) is 5.32. The van der Waals surface area contributed by atoms with Crippen molar-refractivity contribution in [3.8, 4) is 5.75 Å². The second-order valence-electron chi connectivity index (χ2n) is 4.94. The summed E-state index contributed by atoms with van der Waals surface area (Å²) in [6.07, 6.45) is 0.547. The zero-order chi connectivity index (χ0) is 14.9. The second-order valence-corrected chi connectivity index (χ2v) is 5.80. The molecule has 0 saturated carbocycles. The van der Waals surface area contributed by atoms with Crippen LogP contribution in [0.25, 0.3) is 0 Å². The molecule has 1 aromatic carbocycles. The fraction of sp³-hybridized carbons (Fsp3) is 0.429. The Bertz CT molecular complexity index is 561. The lowest BCUT2D eigenvalue weighted by Crippen LogP contribution is -2.65. The highest BCUT2D eigenvalue weighted by atomic mass is 79.9. The van der Waals surface area contributed by atoms with E-state index in [-0.39, 0.29) is 18.4 Å². The van der Waals surface area contributed by atoms with Crippen LogP contribution in [0.15, 0.2) is 22.7 Å². The molecule has 1 aliphatic heterocycles. The topological polar surface area (TPSA) is 58.6 Å². The Morgan fingerprint density at radius 3 is 2.70 bits per heavy atom. The molecule has 0 radical (unpaired) electrons. The van der Waals surface area contributed by atoms with Crippen LogP contribution in [0.2, 0.25) is 0 Å². The molecule has 1 saturated heterocycles. The van der Waals surface area contributed by atoms with E-state index in [0.717, 1.165) is 4.47 Å². The van der Waals surface area contributed by atoms with Gasteiger partial charge >= 0.3 is 0 Å². The number of nitrogens with one attached hydrogen (secondary N) is 1. The first-order chi connectivity index (χ1) is 9.41. The van der Waals surface area contributed by atoms with Crippen LogP contribution < -0.4 is 15.0 Å². The number of nitrogens with zero attached hydrogens (tertiary/aromatic N) is 1. The normalized spacial score (nSPS) is 22.7. The van der Waals surface area contributed by atoms with Crippen molar-refractivity contribution in [1.82, 2.24) is 5.32 Å². The molecule has 2 rings (SSSR count). The molecule has 1 fully saturated rings. The predicted molar refractivity (Wildman–Crippen MR) is 79.9 cm³/mol. The van der Waals surface area contributed by atoms with E-state index in [1.54, 1.807) is 32.2 Å². The maximum Gasteiger partial charge on any atom is 0.252 e. The largest absolute Gasteiger partial charge is 0.496 e. The molecule has 20 heavy (non-hydrogen) atoms. The summed E-state index contributed by atoms with van der Waals surface area (Å²) in [6.45, 7) is 3.66. The van der Waals surface area contributed by atoms with Crippen LogP contribution in [-0.4, -0.2) is 31.0 Å². The maximum absolute atomic E-state index is 12.6. The Morgan fingerprint density at radius 2 is 2.15 bits per heavy atom. The number of benzene rings is 1. The smallest absolute Gasteiger partial charge is 0.252 e. The fourth-order valence-corrected chi connectivity index (χ4v) is 2.71. The zero-order valence-electron chi connectivity index (χ0n) is 11.7. The van der Waals surface area contributed by atoms with E-state index >= 15 is 0 Å². The van der Waals surface area contributed by atoms with Crippen molar-refractivity contribution in [2.24, 2.45) is 0 Å². The van der Waals surface area contributed by atoms with Crippen LogP contribution in [-0.2, 0) is 9.59 Å². The van der Waals surface area contributed by atoms with Gasteiger partial charge < -0.3 is 15.0 Å². The van der Waals surface area contributed by atoms with E-state index in [4.69, 9.17) is 4.74 Å². The molecule has 108 valence electrons. The Morgan fingerprint density at radius 1 is 1.45 bits per heavy atom. The second kappa shape index (κ2) is 5.44. The van der Waals surface area contributed by atoms with Crippen molar-refractivity contribution in [1.29, 1.82) is 0 Å². The van der Waals surface area contributed by atoms with Crippen LogP contribution in [0.3, 0.4) is 0 Å². The first-order valence-corrected chi connectivity index (χ1v) is 7.17. The molecule has 1 atom stereocenters. The average molecular weight is 341 g/mol. The summed E-state index contributed by atoms with van der Waals surface area (Å²) in [5, 5.41) is 2.76. The average Bonchev–Trinajstić information content (AvgIpc) is 2.42. The molecule has 1 aromatic rings. The number of anilines is 1. The molecule has 0 spiro atoms. The molecule has 1 N–H and O–H groups in total. The van der Waals surface area contributed by atoms with Gasteiger partial charge in [0.05, 0.1) is 11.6 Å². The first kappa shape index (κ1) is 14.8. The minimum atomic E-state index is -0.845.